The highest BCUT2D eigenvalue weighted by Gasteiger charge is 2.17. The van der Waals surface area contributed by atoms with Gasteiger partial charge in [-0.3, -0.25) is 4.90 Å². The quantitative estimate of drug-likeness (QED) is 0.694. The molecule has 0 saturated heterocycles. The molecule has 1 aromatic heterocycles. The molecule has 0 bridgehead atoms. The first-order chi connectivity index (χ1) is 12.7. The molecule has 1 atom stereocenters. The molecule has 3 aromatic rings. The van der Waals surface area contributed by atoms with E-state index in [-0.39, 0.29) is 16.8 Å². The van der Waals surface area contributed by atoms with E-state index in [1.165, 1.54) is 24.3 Å². The molecule has 9 heteroatoms. The molecule has 0 unspecified atom stereocenters. The van der Waals surface area contributed by atoms with E-state index in [2.05, 4.69) is 10.1 Å². The van der Waals surface area contributed by atoms with Crippen LogP contribution in [0.1, 0.15) is 24.4 Å². The van der Waals surface area contributed by atoms with Gasteiger partial charge in [-0.05, 0) is 55.9 Å². The summed E-state index contributed by atoms with van der Waals surface area (Å²) in [4.78, 5) is 6.39. The highest BCUT2D eigenvalue weighted by Crippen LogP contribution is 2.23. The molecular weight excluding hydrogens is 371 g/mol. The Bertz CT molecular complexity index is 1020. The zero-order valence-electron chi connectivity index (χ0n) is 14.8. The third kappa shape index (κ3) is 4.57. The minimum atomic E-state index is -3.71. The molecule has 27 heavy (non-hydrogen) atoms. The first kappa shape index (κ1) is 19.2. The molecule has 142 valence electrons. The summed E-state index contributed by atoms with van der Waals surface area (Å²) in [5.74, 6) is 0.484. The van der Waals surface area contributed by atoms with Crippen LogP contribution in [0.15, 0.2) is 57.9 Å². The number of benzene rings is 2. The number of hydrogen-bond donors (Lipinski definition) is 1. The molecule has 0 spiro atoms. The number of hydrogen-bond acceptors (Lipinski definition) is 6. The third-order valence-corrected chi connectivity index (χ3v) is 5.24. The molecule has 1 heterocycles. The van der Waals surface area contributed by atoms with Crippen molar-refractivity contribution >= 4 is 10.0 Å². The lowest BCUT2D eigenvalue weighted by atomic mass is 10.1. The van der Waals surface area contributed by atoms with Crippen LogP contribution in [0.2, 0.25) is 0 Å². The second-order valence-electron chi connectivity index (χ2n) is 6.22. The average molecular weight is 390 g/mol. The minimum Gasteiger partial charge on any atom is -0.338 e. The van der Waals surface area contributed by atoms with E-state index in [4.69, 9.17) is 9.66 Å². The van der Waals surface area contributed by atoms with Crippen LogP contribution in [0.5, 0.6) is 0 Å². The molecule has 3 rings (SSSR count). The molecular formula is C18H19FN4O3S. The van der Waals surface area contributed by atoms with Gasteiger partial charge in [-0.2, -0.15) is 4.98 Å². The Morgan fingerprint density at radius 1 is 1.15 bits per heavy atom. The minimum absolute atomic E-state index is 0.0271. The van der Waals surface area contributed by atoms with E-state index in [0.717, 1.165) is 5.56 Å². The van der Waals surface area contributed by atoms with Gasteiger partial charge in [0.05, 0.1) is 11.4 Å². The Labute approximate surface area is 156 Å². The zero-order valence-corrected chi connectivity index (χ0v) is 15.6. The van der Waals surface area contributed by atoms with Crippen molar-refractivity contribution < 1.29 is 17.3 Å². The van der Waals surface area contributed by atoms with E-state index in [1.807, 2.05) is 18.9 Å². The lowest BCUT2D eigenvalue weighted by Gasteiger charge is -2.23. The van der Waals surface area contributed by atoms with Gasteiger partial charge < -0.3 is 4.52 Å². The maximum atomic E-state index is 13.0. The molecule has 0 radical (unpaired) electrons. The fourth-order valence-electron chi connectivity index (χ4n) is 2.58. The molecule has 7 nitrogen and oxygen atoms in total. The largest absolute Gasteiger partial charge is 0.338 e. The van der Waals surface area contributed by atoms with Crippen LogP contribution in [0.4, 0.5) is 4.39 Å². The normalized spacial score (nSPS) is 13.1. The van der Waals surface area contributed by atoms with Crippen molar-refractivity contribution in [1.29, 1.82) is 0 Å². The number of aromatic nitrogens is 2. The van der Waals surface area contributed by atoms with Crippen LogP contribution in [0.25, 0.3) is 11.4 Å². The first-order valence-corrected chi connectivity index (χ1v) is 9.70. The highest BCUT2D eigenvalue weighted by atomic mass is 32.2. The van der Waals surface area contributed by atoms with Crippen molar-refractivity contribution in [2.45, 2.75) is 24.4 Å². The van der Waals surface area contributed by atoms with Gasteiger partial charge in [-0.1, -0.05) is 17.3 Å². The van der Waals surface area contributed by atoms with Gasteiger partial charge in [0.15, 0.2) is 0 Å². The van der Waals surface area contributed by atoms with Crippen molar-refractivity contribution in [2.24, 2.45) is 5.14 Å². The molecule has 0 aliphatic rings. The van der Waals surface area contributed by atoms with Crippen molar-refractivity contribution in [3.05, 3.63) is 65.8 Å². The van der Waals surface area contributed by atoms with Crippen LogP contribution in [0.3, 0.4) is 0 Å². The number of halogens is 1. The lowest BCUT2D eigenvalue weighted by Crippen LogP contribution is -2.22. The van der Waals surface area contributed by atoms with Gasteiger partial charge in [-0.25, -0.2) is 17.9 Å². The number of nitrogens with two attached hydrogens (primary N) is 1. The Kier molecular flexibility index (Phi) is 5.36. The Balaban J connectivity index is 1.69. The van der Waals surface area contributed by atoms with Crippen LogP contribution in [0, 0.1) is 5.82 Å². The van der Waals surface area contributed by atoms with Gasteiger partial charge in [0.25, 0.3) is 0 Å². The maximum absolute atomic E-state index is 13.0. The molecule has 0 aliphatic heterocycles. The fraction of sp³-hybridized carbons (Fsp3) is 0.222. The predicted molar refractivity (Wildman–Crippen MR) is 97.4 cm³/mol. The SMILES string of the molecule is C[C@@H](c1ccc(S(N)(=O)=O)cc1)N(C)Cc1nc(-c2ccc(F)cc2)no1. The topological polar surface area (TPSA) is 102 Å². The van der Waals surface area contributed by atoms with Gasteiger partial charge in [-0.15, -0.1) is 0 Å². The summed E-state index contributed by atoms with van der Waals surface area (Å²) >= 11 is 0. The summed E-state index contributed by atoms with van der Waals surface area (Å²) in [7, 11) is -1.82. The Morgan fingerprint density at radius 2 is 1.78 bits per heavy atom. The third-order valence-electron chi connectivity index (χ3n) is 4.31. The predicted octanol–water partition coefficient (Wildman–Crippen LogP) is 2.72. The summed E-state index contributed by atoms with van der Waals surface area (Å²) in [6, 6.07) is 12.2. The molecule has 0 saturated carbocycles. The van der Waals surface area contributed by atoms with E-state index in [0.29, 0.717) is 23.8 Å². The van der Waals surface area contributed by atoms with Gasteiger partial charge in [0.2, 0.25) is 21.7 Å². The summed E-state index contributed by atoms with van der Waals surface area (Å²) in [6.45, 7) is 2.37. The number of primary sulfonamides is 1. The Hall–Kier alpha value is -2.62. The van der Waals surface area contributed by atoms with E-state index < -0.39 is 10.0 Å². The summed E-state index contributed by atoms with van der Waals surface area (Å²) in [5.41, 5.74) is 1.59. The van der Waals surface area contributed by atoms with Crippen molar-refractivity contribution in [3.63, 3.8) is 0 Å². The Morgan fingerprint density at radius 3 is 2.37 bits per heavy atom. The number of sulfonamides is 1. The van der Waals surface area contributed by atoms with Gasteiger partial charge in [0.1, 0.15) is 5.82 Å². The van der Waals surface area contributed by atoms with Crippen molar-refractivity contribution in [3.8, 4) is 11.4 Å². The number of rotatable bonds is 6. The standard InChI is InChI=1S/C18H19FN4O3S/c1-12(13-5-9-16(10-6-13)27(20,24)25)23(2)11-17-21-18(22-26-17)14-3-7-15(19)8-4-14/h3-10,12H,11H2,1-2H3,(H2,20,24,25)/t12-/m0/s1. The molecule has 2 aromatic carbocycles. The fourth-order valence-corrected chi connectivity index (χ4v) is 3.09. The van der Waals surface area contributed by atoms with Crippen LogP contribution < -0.4 is 5.14 Å². The monoisotopic (exact) mass is 390 g/mol. The average Bonchev–Trinajstić information content (AvgIpc) is 3.09. The second-order valence-corrected chi connectivity index (χ2v) is 7.79. The highest BCUT2D eigenvalue weighted by molar-refractivity contribution is 7.89. The molecule has 0 fully saturated rings. The van der Waals surface area contributed by atoms with E-state index in [9.17, 15) is 12.8 Å². The second kappa shape index (κ2) is 7.55. The number of nitrogens with zero attached hydrogens (tertiary/aromatic N) is 3. The lowest BCUT2D eigenvalue weighted by molar-refractivity contribution is 0.216. The van der Waals surface area contributed by atoms with Gasteiger partial charge >= 0.3 is 0 Å². The first-order valence-electron chi connectivity index (χ1n) is 8.15. The van der Waals surface area contributed by atoms with Crippen molar-refractivity contribution in [2.75, 3.05) is 7.05 Å². The molecule has 0 amide bonds. The van der Waals surface area contributed by atoms with Crippen molar-refractivity contribution in [1.82, 2.24) is 15.0 Å². The van der Waals surface area contributed by atoms with E-state index >= 15 is 0 Å². The summed E-state index contributed by atoms with van der Waals surface area (Å²) in [6.07, 6.45) is 0. The summed E-state index contributed by atoms with van der Waals surface area (Å²) in [5, 5.41) is 9.04. The van der Waals surface area contributed by atoms with Crippen LogP contribution >= 0.6 is 0 Å². The molecule has 0 aliphatic carbocycles. The maximum Gasteiger partial charge on any atom is 0.241 e. The van der Waals surface area contributed by atoms with Crippen LogP contribution in [-0.2, 0) is 16.6 Å². The van der Waals surface area contributed by atoms with Crippen LogP contribution in [-0.4, -0.2) is 30.5 Å². The zero-order chi connectivity index (χ0) is 19.6. The smallest absolute Gasteiger partial charge is 0.241 e. The van der Waals surface area contributed by atoms with E-state index in [1.54, 1.807) is 24.3 Å². The summed E-state index contributed by atoms with van der Waals surface area (Å²) < 4.78 is 41.0. The molecule has 2 N–H and O–H groups in total. The van der Waals surface area contributed by atoms with Gasteiger partial charge in [0, 0.05) is 11.6 Å².